The third-order valence-electron chi connectivity index (χ3n) is 9.56. The summed E-state index contributed by atoms with van der Waals surface area (Å²) in [5.41, 5.74) is 7.49. The van der Waals surface area contributed by atoms with Gasteiger partial charge in [0.1, 0.15) is 0 Å². The molecule has 3 nitrogen and oxygen atoms in total. The largest absolute Gasteiger partial charge is 0.309 e. The Morgan fingerprint density at radius 2 is 1.02 bits per heavy atom. The summed E-state index contributed by atoms with van der Waals surface area (Å²) in [4.78, 5) is 10.0. The van der Waals surface area contributed by atoms with Gasteiger partial charge in [0.05, 0.1) is 22.2 Å². The summed E-state index contributed by atoms with van der Waals surface area (Å²) >= 11 is 0. The van der Waals surface area contributed by atoms with Crippen LogP contribution in [-0.2, 0) is 0 Å². The molecule has 0 atom stereocenters. The second-order valence-corrected chi connectivity index (χ2v) is 12.2. The van der Waals surface area contributed by atoms with Crippen LogP contribution in [0.3, 0.4) is 0 Å². The van der Waals surface area contributed by atoms with Gasteiger partial charge in [0, 0.05) is 38.4 Å². The Balaban J connectivity index is 1.26. The molecule has 0 saturated heterocycles. The van der Waals surface area contributed by atoms with Crippen molar-refractivity contribution in [2.45, 2.75) is 0 Å². The van der Waals surface area contributed by atoms with Crippen LogP contribution in [0, 0.1) is 0 Å². The molecule has 2 heterocycles. The van der Waals surface area contributed by atoms with Gasteiger partial charge >= 0.3 is 0 Å². The lowest BCUT2D eigenvalue weighted by molar-refractivity contribution is 1.18. The van der Waals surface area contributed by atoms with E-state index in [1.54, 1.807) is 0 Å². The molecule has 0 aliphatic heterocycles. The van der Waals surface area contributed by atoms with Crippen LogP contribution < -0.4 is 0 Å². The quantitative estimate of drug-likeness (QED) is 0.190. The second kappa shape index (κ2) is 10.1. The van der Waals surface area contributed by atoms with Gasteiger partial charge in [0.25, 0.3) is 0 Å². The van der Waals surface area contributed by atoms with Crippen molar-refractivity contribution in [1.82, 2.24) is 14.5 Å². The molecule has 0 N–H and O–H groups in total. The number of nitrogens with zero attached hydrogens (tertiary/aromatic N) is 3. The Labute approximate surface area is 271 Å². The topological polar surface area (TPSA) is 30.7 Å². The lowest BCUT2D eigenvalue weighted by Crippen LogP contribution is -1.97. The highest BCUT2D eigenvalue weighted by atomic mass is 15.0. The van der Waals surface area contributed by atoms with Crippen molar-refractivity contribution in [3.63, 3.8) is 0 Å². The average Bonchev–Trinajstić information content (AvgIpc) is 3.50. The summed E-state index contributed by atoms with van der Waals surface area (Å²) in [5.74, 6) is 0.733. The van der Waals surface area contributed by atoms with Crippen LogP contribution in [0.15, 0.2) is 164 Å². The molecule has 0 saturated carbocycles. The second-order valence-electron chi connectivity index (χ2n) is 12.2. The maximum atomic E-state index is 5.12. The van der Waals surface area contributed by atoms with Gasteiger partial charge in [-0.1, -0.05) is 140 Å². The molecule has 0 radical (unpaired) electrons. The van der Waals surface area contributed by atoms with E-state index < -0.39 is 0 Å². The van der Waals surface area contributed by atoms with Gasteiger partial charge in [0.15, 0.2) is 5.82 Å². The van der Waals surface area contributed by atoms with Gasteiger partial charge in [0.2, 0.25) is 0 Å². The van der Waals surface area contributed by atoms with Crippen molar-refractivity contribution in [3.05, 3.63) is 164 Å². The Morgan fingerprint density at radius 1 is 0.383 bits per heavy atom. The SMILES string of the molecule is c1ccc(-c2nc(-c3ccc(-n4c5ccccc5c5c6ccccc6c6c7ccccc7ccc6c54)cc3)c3ccccc3n2)cc1. The predicted octanol–water partition coefficient (Wildman–Crippen LogP) is 11.5. The molecule has 10 rings (SSSR count). The number of hydrogen-bond donors (Lipinski definition) is 0. The van der Waals surface area contributed by atoms with Gasteiger partial charge in [-0.3, -0.25) is 0 Å². The minimum absolute atomic E-state index is 0.733. The summed E-state index contributed by atoms with van der Waals surface area (Å²) in [6, 6.07) is 58.4. The maximum absolute atomic E-state index is 5.12. The fourth-order valence-electron chi connectivity index (χ4n) is 7.50. The van der Waals surface area contributed by atoms with Crippen LogP contribution in [0.5, 0.6) is 0 Å². The van der Waals surface area contributed by atoms with E-state index in [1.807, 2.05) is 24.3 Å². The fraction of sp³-hybridized carbons (Fsp3) is 0. The van der Waals surface area contributed by atoms with Gasteiger partial charge in [-0.25, -0.2) is 9.97 Å². The average molecular weight is 598 g/mol. The van der Waals surface area contributed by atoms with E-state index in [4.69, 9.17) is 9.97 Å². The molecular weight excluding hydrogens is 571 g/mol. The minimum atomic E-state index is 0.733. The van der Waals surface area contributed by atoms with Crippen LogP contribution in [0.25, 0.3) is 93.4 Å². The highest BCUT2D eigenvalue weighted by Gasteiger charge is 2.20. The molecule has 8 aromatic carbocycles. The molecular formula is C44H27N3. The molecule has 0 aliphatic carbocycles. The normalized spacial score (nSPS) is 11.8. The van der Waals surface area contributed by atoms with Crippen molar-refractivity contribution in [2.75, 3.05) is 0 Å². The molecule has 2 aromatic heterocycles. The first-order valence-electron chi connectivity index (χ1n) is 16.0. The highest BCUT2D eigenvalue weighted by Crippen LogP contribution is 2.44. The summed E-state index contributed by atoms with van der Waals surface area (Å²) in [6.07, 6.45) is 0. The van der Waals surface area contributed by atoms with Gasteiger partial charge < -0.3 is 4.57 Å². The van der Waals surface area contributed by atoms with Crippen molar-refractivity contribution in [3.8, 4) is 28.3 Å². The molecule has 0 aliphatic rings. The molecule has 0 bridgehead atoms. The predicted molar refractivity (Wildman–Crippen MR) is 197 cm³/mol. The maximum Gasteiger partial charge on any atom is 0.160 e. The van der Waals surface area contributed by atoms with Crippen LogP contribution in [0.2, 0.25) is 0 Å². The molecule has 3 heteroatoms. The summed E-state index contributed by atoms with van der Waals surface area (Å²) < 4.78 is 2.45. The number of para-hydroxylation sites is 2. The number of aromatic nitrogens is 3. The lowest BCUT2D eigenvalue weighted by Gasteiger charge is -2.15. The smallest absolute Gasteiger partial charge is 0.160 e. The standard InChI is InChI=1S/C44H27N3/c1-2-13-30(14-3-1)44-45-38-20-10-8-18-35(38)42(46-44)29-22-25-31(26-23-29)47-39-21-11-9-19-36(39)41-34-17-7-6-16-33(34)40-32-15-5-4-12-28(32)24-27-37(40)43(41)47/h1-27H. The summed E-state index contributed by atoms with van der Waals surface area (Å²) in [5, 5.41) is 11.2. The number of benzene rings is 8. The zero-order chi connectivity index (χ0) is 30.9. The first kappa shape index (κ1) is 26.0. The molecule has 218 valence electrons. The van der Waals surface area contributed by atoms with Crippen LogP contribution >= 0.6 is 0 Å². The third-order valence-corrected chi connectivity index (χ3v) is 9.56. The van der Waals surface area contributed by atoms with E-state index in [9.17, 15) is 0 Å². The van der Waals surface area contributed by atoms with E-state index >= 15 is 0 Å². The number of hydrogen-bond acceptors (Lipinski definition) is 2. The van der Waals surface area contributed by atoms with E-state index in [2.05, 4.69) is 144 Å². The molecule has 0 spiro atoms. The van der Waals surface area contributed by atoms with E-state index in [1.165, 1.54) is 54.1 Å². The Bertz CT molecular complexity index is 2830. The zero-order valence-electron chi connectivity index (χ0n) is 25.4. The van der Waals surface area contributed by atoms with Crippen molar-refractivity contribution in [2.24, 2.45) is 0 Å². The highest BCUT2D eigenvalue weighted by molar-refractivity contribution is 6.36. The van der Waals surface area contributed by atoms with Gasteiger partial charge in [-0.15, -0.1) is 0 Å². The first-order chi connectivity index (χ1) is 23.3. The van der Waals surface area contributed by atoms with Crippen LogP contribution in [0.4, 0.5) is 0 Å². The fourth-order valence-corrected chi connectivity index (χ4v) is 7.50. The number of rotatable bonds is 3. The first-order valence-corrected chi connectivity index (χ1v) is 16.0. The van der Waals surface area contributed by atoms with Gasteiger partial charge in [-0.05, 0) is 51.2 Å². The van der Waals surface area contributed by atoms with Crippen LogP contribution in [-0.4, -0.2) is 14.5 Å². The third kappa shape index (κ3) is 3.87. The van der Waals surface area contributed by atoms with Crippen molar-refractivity contribution < 1.29 is 0 Å². The molecule has 47 heavy (non-hydrogen) atoms. The monoisotopic (exact) mass is 597 g/mol. The van der Waals surface area contributed by atoms with E-state index in [-0.39, 0.29) is 0 Å². The zero-order valence-corrected chi connectivity index (χ0v) is 25.4. The van der Waals surface area contributed by atoms with E-state index in [0.717, 1.165) is 39.2 Å². The Kier molecular flexibility index (Phi) is 5.57. The van der Waals surface area contributed by atoms with Crippen molar-refractivity contribution >= 4 is 65.0 Å². The molecule has 10 aromatic rings. The minimum Gasteiger partial charge on any atom is -0.309 e. The molecule has 0 amide bonds. The Morgan fingerprint density at radius 3 is 1.83 bits per heavy atom. The van der Waals surface area contributed by atoms with Gasteiger partial charge in [-0.2, -0.15) is 0 Å². The summed E-state index contributed by atoms with van der Waals surface area (Å²) in [6.45, 7) is 0. The summed E-state index contributed by atoms with van der Waals surface area (Å²) in [7, 11) is 0. The lowest BCUT2D eigenvalue weighted by atomic mass is 9.93. The van der Waals surface area contributed by atoms with Crippen LogP contribution in [0.1, 0.15) is 0 Å². The van der Waals surface area contributed by atoms with Crippen molar-refractivity contribution in [1.29, 1.82) is 0 Å². The molecule has 0 fully saturated rings. The number of fused-ring (bicyclic) bond motifs is 11. The van der Waals surface area contributed by atoms with E-state index in [0.29, 0.717) is 0 Å². The Hall–Kier alpha value is -6.32. The molecule has 0 unspecified atom stereocenters.